The number of anilines is 1. The van der Waals surface area contributed by atoms with Crippen LogP contribution in [0.5, 0.6) is 0 Å². The summed E-state index contributed by atoms with van der Waals surface area (Å²) in [6.45, 7) is 2.88. The number of hydrogen-bond donors (Lipinski definition) is 1. The maximum atomic E-state index is 14.2. The fraction of sp³-hybridized carbons (Fsp3) is 0.200. The van der Waals surface area contributed by atoms with Crippen LogP contribution in [0.2, 0.25) is 5.02 Å². The number of aromatic nitrogens is 2. The second kappa shape index (κ2) is 5.95. The van der Waals surface area contributed by atoms with E-state index in [-0.39, 0.29) is 5.02 Å². The van der Waals surface area contributed by atoms with Crippen LogP contribution in [0.15, 0.2) is 29.6 Å². The first kappa shape index (κ1) is 14.2. The molecule has 108 valence electrons. The molecule has 0 radical (unpaired) electrons. The van der Waals surface area contributed by atoms with Crippen molar-refractivity contribution in [3.8, 4) is 11.4 Å². The van der Waals surface area contributed by atoms with Crippen LogP contribution in [-0.2, 0) is 0 Å². The molecule has 3 rings (SSSR count). The number of fused-ring (bicyclic) bond motifs is 1. The highest BCUT2D eigenvalue weighted by Crippen LogP contribution is 2.31. The van der Waals surface area contributed by atoms with Gasteiger partial charge in [0.1, 0.15) is 10.6 Å². The molecule has 0 aliphatic rings. The van der Waals surface area contributed by atoms with Gasteiger partial charge in [0.2, 0.25) is 0 Å². The van der Waals surface area contributed by atoms with Crippen LogP contribution in [0.4, 0.5) is 10.2 Å². The van der Waals surface area contributed by atoms with E-state index in [9.17, 15) is 4.39 Å². The van der Waals surface area contributed by atoms with Gasteiger partial charge < -0.3 is 5.32 Å². The third-order valence-corrected chi connectivity index (χ3v) is 4.16. The molecule has 0 spiro atoms. The minimum Gasteiger partial charge on any atom is -0.369 e. The van der Waals surface area contributed by atoms with Gasteiger partial charge in [-0.15, -0.1) is 11.3 Å². The molecular formula is C15H13ClFN3S. The Kier molecular flexibility index (Phi) is 4.03. The number of thiophene rings is 1. The zero-order valence-electron chi connectivity index (χ0n) is 11.4. The number of hydrogen-bond acceptors (Lipinski definition) is 4. The first-order valence-electron chi connectivity index (χ1n) is 6.64. The van der Waals surface area contributed by atoms with Gasteiger partial charge in [-0.05, 0) is 30.0 Å². The monoisotopic (exact) mass is 321 g/mol. The van der Waals surface area contributed by atoms with Crippen molar-refractivity contribution >= 4 is 39.0 Å². The molecule has 3 aromatic rings. The van der Waals surface area contributed by atoms with Gasteiger partial charge in [0.05, 0.1) is 16.0 Å². The SMILES string of the molecule is CCCNc1nc(-c2cccc(Cl)c2F)nc2sccc12. The van der Waals surface area contributed by atoms with E-state index in [4.69, 9.17) is 11.6 Å². The summed E-state index contributed by atoms with van der Waals surface area (Å²) < 4.78 is 14.2. The van der Waals surface area contributed by atoms with E-state index in [1.165, 1.54) is 17.4 Å². The first-order valence-corrected chi connectivity index (χ1v) is 7.90. The first-order chi connectivity index (χ1) is 10.2. The van der Waals surface area contributed by atoms with Crippen molar-refractivity contribution in [1.29, 1.82) is 0 Å². The zero-order valence-corrected chi connectivity index (χ0v) is 12.9. The Morgan fingerprint density at radius 2 is 2.14 bits per heavy atom. The van der Waals surface area contributed by atoms with Gasteiger partial charge in [-0.3, -0.25) is 0 Å². The van der Waals surface area contributed by atoms with Gasteiger partial charge in [0.15, 0.2) is 11.6 Å². The van der Waals surface area contributed by atoms with E-state index in [0.29, 0.717) is 11.4 Å². The minimum atomic E-state index is -0.489. The molecule has 0 atom stereocenters. The molecule has 0 unspecified atom stereocenters. The van der Waals surface area contributed by atoms with Gasteiger partial charge >= 0.3 is 0 Å². The lowest BCUT2D eigenvalue weighted by Crippen LogP contribution is -2.04. The lowest BCUT2D eigenvalue weighted by atomic mass is 10.2. The fourth-order valence-electron chi connectivity index (χ4n) is 2.03. The summed E-state index contributed by atoms with van der Waals surface area (Å²) in [6, 6.07) is 6.82. The number of halogens is 2. The van der Waals surface area contributed by atoms with Crippen molar-refractivity contribution in [2.45, 2.75) is 13.3 Å². The lowest BCUT2D eigenvalue weighted by molar-refractivity contribution is 0.630. The van der Waals surface area contributed by atoms with Crippen molar-refractivity contribution in [1.82, 2.24) is 9.97 Å². The Morgan fingerprint density at radius 3 is 2.95 bits per heavy atom. The fourth-order valence-corrected chi connectivity index (χ4v) is 2.97. The molecule has 0 saturated heterocycles. The highest BCUT2D eigenvalue weighted by Gasteiger charge is 2.14. The Morgan fingerprint density at radius 1 is 1.29 bits per heavy atom. The number of rotatable bonds is 4. The Bertz CT molecular complexity index is 788. The maximum absolute atomic E-state index is 14.2. The molecule has 0 fully saturated rings. The van der Waals surface area contributed by atoms with Crippen LogP contribution in [0, 0.1) is 5.82 Å². The summed E-state index contributed by atoms with van der Waals surface area (Å²) >= 11 is 7.35. The zero-order chi connectivity index (χ0) is 14.8. The predicted molar refractivity (Wildman–Crippen MR) is 86.6 cm³/mol. The third-order valence-electron chi connectivity index (χ3n) is 3.06. The quantitative estimate of drug-likeness (QED) is 0.737. The van der Waals surface area contributed by atoms with Gasteiger partial charge in [-0.2, -0.15) is 0 Å². The second-order valence-electron chi connectivity index (χ2n) is 4.56. The smallest absolute Gasteiger partial charge is 0.166 e. The van der Waals surface area contributed by atoms with Crippen molar-refractivity contribution in [2.24, 2.45) is 0 Å². The van der Waals surface area contributed by atoms with Crippen LogP contribution >= 0.6 is 22.9 Å². The van der Waals surface area contributed by atoms with Crippen LogP contribution in [0.25, 0.3) is 21.6 Å². The van der Waals surface area contributed by atoms with Crippen molar-refractivity contribution < 1.29 is 4.39 Å². The van der Waals surface area contributed by atoms with Crippen LogP contribution in [0.3, 0.4) is 0 Å². The molecule has 3 nitrogen and oxygen atoms in total. The molecule has 2 aromatic heterocycles. The van der Waals surface area contributed by atoms with Crippen molar-refractivity contribution in [2.75, 3.05) is 11.9 Å². The second-order valence-corrected chi connectivity index (χ2v) is 5.87. The summed E-state index contributed by atoms with van der Waals surface area (Å²) in [5.41, 5.74) is 0.317. The largest absolute Gasteiger partial charge is 0.369 e. The number of nitrogens with one attached hydrogen (secondary N) is 1. The van der Waals surface area contributed by atoms with Gasteiger partial charge in [-0.1, -0.05) is 24.6 Å². The maximum Gasteiger partial charge on any atom is 0.166 e. The summed E-state index contributed by atoms with van der Waals surface area (Å²) in [5.74, 6) is 0.595. The highest BCUT2D eigenvalue weighted by atomic mass is 35.5. The predicted octanol–water partition coefficient (Wildman–Crippen LogP) is 4.97. The normalized spacial score (nSPS) is 11.0. The molecule has 0 amide bonds. The minimum absolute atomic E-state index is 0.0745. The average Bonchev–Trinajstić information content (AvgIpc) is 2.96. The third kappa shape index (κ3) is 2.71. The molecule has 1 aromatic carbocycles. The summed E-state index contributed by atoms with van der Waals surface area (Å²) in [5, 5.41) is 6.25. The molecule has 0 aliphatic heterocycles. The molecule has 0 aliphatic carbocycles. The number of nitrogens with zero attached hydrogens (tertiary/aromatic N) is 2. The van der Waals surface area contributed by atoms with Crippen molar-refractivity contribution in [3.63, 3.8) is 0 Å². The lowest BCUT2D eigenvalue weighted by Gasteiger charge is -2.09. The van der Waals surface area contributed by atoms with Gasteiger partial charge in [-0.25, -0.2) is 14.4 Å². The molecule has 21 heavy (non-hydrogen) atoms. The standard InChI is InChI=1S/C15H13ClFN3S/c1-2-7-18-13-10-6-8-21-15(10)20-14(19-13)9-4-3-5-11(16)12(9)17/h3-6,8H,2,7H2,1H3,(H,18,19,20). The number of benzene rings is 1. The molecule has 0 bridgehead atoms. The highest BCUT2D eigenvalue weighted by molar-refractivity contribution is 7.16. The molecule has 6 heteroatoms. The Hall–Kier alpha value is -1.72. The summed E-state index contributed by atoms with van der Waals surface area (Å²) in [6.07, 6.45) is 0.983. The van der Waals surface area contributed by atoms with Crippen molar-refractivity contribution in [3.05, 3.63) is 40.5 Å². The van der Waals surface area contributed by atoms with E-state index >= 15 is 0 Å². The Balaban J connectivity index is 2.16. The van der Waals surface area contributed by atoms with E-state index in [2.05, 4.69) is 22.2 Å². The van der Waals surface area contributed by atoms with Crippen LogP contribution in [0.1, 0.15) is 13.3 Å². The average molecular weight is 322 g/mol. The van der Waals surface area contributed by atoms with E-state index in [0.717, 1.165) is 29.0 Å². The van der Waals surface area contributed by atoms with E-state index in [1.807, 2.05) is 11.4 Å². The summed E-state index contributed by atoms with van der Waals surface area (Å²) in [7, 11) is 0. The van der Waals surface area contributed by atoms with E-state index < -0.39 is 5.82 Å². The topological polar surface area (TPSA) is 37.8 Å². The molecule has 2 heterocycles. The van der Waals surface area contributed by atoms with Crippen LogP contribution < -0.4 is 5.32 Å². The van der Waals surface area contributed by atoms with Gasteiger partial charge in [0.25, 0.3) is 0 Å². The van der Waals surface area contributed by atoms with Gasteiger partial charge in [0, 0.05) is 6.54 Å². The molecule has 0 saturated carbocycles. The van der Waals surface area contributed by atoms with E-state index in [1.54, 1.807) is 12.1 Å². The molecular weight excluding hydrogens is 309 g/mol. The molecule has 1 N–H and O–H groups in total. The summed E-state index contributed by atoms with van der Waals surface area (Å²) in [4.78, 5) is 9.74. The van der Waals surface area contributed by atoms with Crippen LogP contribution in [-0.4, -0.2) is 16.5 Å². The Labute approximate surface area is 130 Å².